The number of aliphatic hydroxyl groups excluding tert-OH is 2. The van der Waals surface area contributed by atoms with Crippen molar-refractivity contribution in [2.24, 2.45) is 0 Å². The summed E-state index contributed by atoms with van der Waals surface area (Å²) >= 11 is 0. The fraction of sp³-hybridized carbons (Fsp3) is 0.417. The topological polar surface area (TPSA) is 103 Å². The maximum absolute atomic E-state index is 11.3. The summed E-state index contributed by atoms with van der Waals surface area (Å²) in [6, 6.07) is 3.39. The third-order valence-electron chi connectivity index (χ3n) is 2.37. The van der Waals surface area contributed by atoms with Crippen LogP contribution < -0.4 is 0 Å². The largest absolute Gasteiger partial charge is 0.464 e. The monoisotopic (exact) mass is 250 g/mol. The summed E-state index contributed by atoms with van der Waals surface area (Å²) in [6.45, 7) is 3.37. The highest BCUT2D eigenvalue weighted by molar-refractivity contribution is 5.75. The van der Waals surface area contributed by atoms with Crippen molar-refractivity contribution in [2.75, 3.05) is 6.61 Å². The van der Waals surface area contributed by atoms with Gasteiger partial charge in [-0.25, -0.2) is 9.78 Å². The highest BCUT2D eigenvalue weighted by Gasteiger charge is 2.27. The number of carbonyl (C=O) groups is 1. The number of rotatable bonds is 4. The first kappa shape index (κ1) is 14.1. The van der Waals surface area contributed by atoms with Gasteiger partial charge in [0.15, 0.2) is 6.10 Å². The number of ether oxygens (including phenoxy) is 1. The number of pyridine rings is 1. The molecule has 6 nitrogen and oxygen atoms in total. The van der Waals surface area contributed by atoms with E-state index in [0.29, 0.717) is 5.56 Å². The van der Waals surface area contributed by atoms with Crippen molar-refractivity contribution in [3.05, 3.63) is 29.1 Å². The molecule has 6 heteroatoms. The summed E-state index contributed by atoms with van der Waals surface area (Å²) in [5.74, 6) is -0.896. The molecule has 18 heavy (non-hydrogen) atoms. The van der Waals surface area contributed by atoms with Crippen LogP contribution in [0.3, 0.4) is 0 Å². The highest BCUT2D eigenvalue weighted by Crippen LogP contribution is 2.19. The molecule has 0 bridgehead atoms. The normalized spacial score (nSPS) is 13.5. The number of aromatic nitrogens is 1. The van der Waals surface area contributed by atoms with E-state index in [0.717, 1.165) is 0 Å². The number of nitriles is 1. The second-order valence-corrected chi connectivity index (χ2v) is 3.69. The van der Waals surface area contributed by atoms with Crippen LogP contribution in [0.2, 0.25) is 0 Å². The summed E-state index contributed by atoms with van der Waals surface area (Å²) in [6.07, 6.45) is -1.85. The molecule has 1 aromatic rings. The lowest BCUT2D eigenvalue weighted by atomic mass is 10.0. The Bertz CT molecular complexity index is 481. The van der Waals surface area contributed by atoms with Crippen LogP contribution in [0, 0.1) is 18.3 Å². The Morgan fingerprint density at radius 1 is 1.61 bits per heavy atom. The number of hydrogen-bond donors (Lipinski definition) is 2. The van der Waals surface area contributed by atoms with Gasteiger partial charge in [-0.2, -0.15) is 5.26 Å². The van der Waals surface area contributed by atoms with Crippen molar-refractivity contribution in [3.63, 3.8) is 0 Å². The van der Waals surface area contributed by atoms with Crippen LogP contribution in [-0.2, 0) is 9.53 Å². The zero-order valence-corrected chi connectivity index (χ0v) is 10.1. The average Bonchev–Trinajstić information content (AvgIpc) is 2.37. The van der Waals surface area contributed by atoms with E-state index in [2.05, 4.69) is 9.72 Å². The van der Waals surface area contributed by atoms with Gasteiger partial charge in [0.05, 0.1) is 6.61 Å². The molecule has 0 saturated heterocycles. The Morgan fingerprint density at radius 2 is 2.28 bits per heavy atom. The molecular formula is C12H14N2O4. The zero-order chi connectivity index (χ0) is 13.7. The van der Waals surface area contributed by atoms with Crippen molar-refractivity contribution in [2.45, 2.75) is 26.1 Å². The Kier molecular flexibility index (Phi) is 4.77. The van der Waals surface area contributed by atoms with Crippen LogP contribution in [0.4, 0.5) is 0 Å². The van der Waals surface area contributed by atoms with Gasteiger partial charge in [0.1, 0.15) is 17.9 Å². The zero-order valence-electron chi connectivity index (χ0n) is 10.1. The molecule has 2 atom stereocenters. The van der Waals surface area contributed by atoms with Crippen molar-refractivity contribution in [1.29, 1.82) is 5.26 Å². The number of aryl methyl sites for hydroxylation is 1. The summed E-state index contributed by atoms with van der Waals surface area (Å²) in [4.78, 5) is 15.1. The van der Waals surface area contributed by atoms with Crippen LogP contribution in [0.15, 0.2) is 12.3 Å². The Hall–Kier alpha value is -1.97. The SMILES string of the molecule is CCOC(=O)C(O)C(O)c1cnc(C#N)c(C)c1. The molecule has 0 aliphatic rings. The van der Waals surface area contributed by atoms with E-state index in [1.165, 1.54) is 12.3 Å². The van der Waals surface area contributed by atoms with Crippen LogP contribution in [0.1, 0.15) is 29.8 Å². The summed E-state index contributed by atoms with van der Waals surface area (Å²) < 4.78 is 4.60. The minimum absolute atomic E-state index is 0.118. The van der Waals surface area contributed by atoms with Crippen molar-refractivity contribution >= 4 is 5.97 Å². The van der Waals surface area contributed by atoms with Crippen molar-refractivity contribution in [1.82, 2.24) is 4.98 Å². The van der Waals surface area contributed by atoms with Crippen LogP contribution in [-0.4, -0.2) is 33.9 Å². The third kappa shape index (κ3) is 3.03. The summed E-state index contributed by atoms with van der Waals surface area (Å²) in [5.41, 5.74) is 1.05. The molecule has 0 aliphatic heterocycles. The van der Waals surface area contributed by atoms with Gasteiger partial charge in [-0.05, 0) is 25.5 Å². The number of nitrogens with zero attached hydrogens (tertiary/aromatic N) is 2. The van der Waals surface area contributed by atoms with Crippen LogP contribution in [0.5, 0.6) is 0 Å². The molecule has 1 heterocycles. The molecule has 0 radical (unpaired) electrons. The van der Waals surface area contributed by atoms with Crippen LogP contribution >= 0.6 is 0 Å². The molecule has 2 N–H and O–H groups in total. The van der Waals surface area contributed by atoms with Gasteiger partial charge >= 0.3 is 5.97 Å². The average molecular weight is 250 g/mol. The fourth-order valence-corrected chi connectivity index (χ4v) is 1.41. The number of hydrogen-bond acceptors (Lipinski definition) is 6. The third-order valence-corrected chi connectivity index (χ3v) is 2.37. The maximum Gasteiger partial charge on any atom is 0.338 e. The molecule has 0 saturated carbocycles. The van der Waals surface area contributed by atoms with Crippen molar-refractivity contribution in [3.8, 4) is 6.07 Å². The van der Waals surface area contributed by atoms with E-state index in [9.17, 15) is 15.0 Å². The Labute approximate surface area is 104 Å². The smallest absolute Gasteiger partial charge is 0.338 e. The number of esters is 1. The van der Waals surface area contributed by atoms with Crippen molar-refractivity contribution < 1.29 is 19.7 Å². The van der Waals surface area contributed by atoms with E-state index < -0.39 is 18.2 Å². The van der Waals surface area contributed by atoms with E-state index >= 15 is 0 Å². The summed E-state index contributed by atoms with van der Waals surface area (Å²) in [7, 11) is 0. The maximum atomic E-state index is 11.3. The lowest BCUT2D eigenvalue weighted by Gasteiger charge is -2.16. The Balaban J connectivity index is 2.91. The van der Waals surface area contributed by atoms with E-state index in [1.807, 2.05) is 6.07 Å². The first-order valence-corrected chi connectivity index (χ1v) is 5.40. The minimum atomic E-state index is -1.67. The van der Waals surface area contributed by atoms with Gasteiger partial charge in [0.2, 0.25) is 0 Å². The van der Waals surface area contributed by atoms with Gasteiger partial charge in [-0.3, -0.25) is 0 Å². The molecule has 0 aliphatic carbocycles. The van der Waals surface area contributed by atoms with Gasteiger partial charge in [0, 0.05) is 11.8 Å². The van der Waals surface area contributed by atoms with E-state index in [1.54, 1.807) is 13.8 Å². The van der Waals surface area contributed by atoms with Gasteiger partial charge in [-0.1, -0.05) is 0 Å². The fourth-order valence-electron chi connectivity index (χ4n) is 1.41. The Morgan fingerprint density at radius 3 is 2.78 bits per heavy atom. The standard InChI is InChI=1S/C12H14N2O4/c1-3-18-12(17)11(16)10(15)8-4-7(2)9(5-13)14-6-8/h4,6,10-11,15-16H,3H2,1-2H3. The predicted octanol–water partition coefficient (Wildman–Crippen LogP) is 0.219. The number of carbonyl (C=O) groups excluding carboxylic acids is 1. The second kappa shape index (κ2) is 6.10. The molecule has 1 rings (SSSR count). The molecule has 2 unspecified atom stereocenters. The molecule has 0 fully saturated rings. The second-order valence-electron chi connectivity index (χ2n) is 3.69. The van der Waals surface area contributed by atoms with Gasteiger partial charge < -0.3 is 14.9 Å². The minimum Gasteiger partial charge on any atom is -0.464 e. The highest BCUT2D eigenvalue weighted by atomic mass is 16.5. The molecule has 0 spiro atoms. The molecule has 0 aromatic carbocycles. The lowest BCUT2D eigenvalue weighted by Crippen LogP contribution is -2.30. The molecule has 0 amide bonds. The van der Waals surface area contributed by atoms with Crippen LogP contribution in [0.25, 0.3) is 0 Å². The number of aliphatic hydroxyl groups is 2. The first-order chi connectivity index (χ1) is 8.51. The predicted molar refractivity (Wildman–Crippen MR) is 61.3 cm³/mol. The first-order valence-electron chi connectivity index (χ1n) is 5.40. The molecule has 1 aromatic heterocycles. The summed E-state index contributed by atoms with van der Waals surface area (Å²) in [5, 5.41) is 28.1. The van der Waals surface area contributed by atoms with Gasteiger partial charge in [0.25, 0.3) is 0 Å². The molecular weight excluding hydrogens is 236 g/mol. The van der Waals surface area contributed by atoms with E-state index in [-0.39, 0.29) is 17.9 Å². The molecule has 96 valence electrons. The lowest BCUT2D eigenvalue weighted by molar-refractivity contribution is -0.159. The quantitative estimate of drug-likeness (QED) is 0.741. The van der Waals surface area contributed by atoms with Gasteiger partial charge in [-0.15, -0.1) is 0 Å². The van der Waals surface area contributed by atoms with E-state index in [4.69, 9.17) is 5.26 Å².